The molecular weight excluding hydrogens is 681 g/mol. The van der Waals surface area contributed by atoms with E-state index in [0.717, 1.165) is 40.5 Å². The number of hydrogen-bond acceptors (Lipinski definition) is 2. The van der Waals surface area contributed by atoms with E-state index in [2.05, 4.69) is 179 Å². The second-order valence-corrected chi connectivity index (χ2v) is 15.2. The van der Waals surface area contributed by atoms with Gasteiger partial charge in [-0.2, -0.15) is 0 Å². The first-order valence-electron chi connectivity index (χ1n) is 19.5. The number of fused-ring (bicyclic) bond motifs is 12. The highest BCUT2D eigenvalue weighted by Crippen LogP contribution is 2.49. The summed E-state index contributed by atoms with van der Waals surface area (Å²) in [4.78, 5) is 10.8. The van der Waals surface area contributed by atoms with Crippen molar-refractivity contribution in [2.75, 3.05) is 0 Å². The van der Waals surface area contributed by atoms with Crippen LogP contribution in [-0.2, 0) is 6.42 Å². The van der Waals surface area contributed by atoms with Crippen LogP contribution < -0.4 is 0 Å². The van der Waals surface area contributed by atoms with Gasteiger partial charge in [0.05, 0.1) is 33.4 Å². The third-order valence-corrected chi connectivity index (χ3v) is 12.3. The van der Waals surface area contributed by atoms with Crippen LogP contribution in [0.3, 0.4) is 0 Å². The normalized spacial score (nSPS) is 13.1. The molecule has 3 heterocycles. The molecule has 260 valence electrons. The molecule has 0 amide bonds. The Balaban J connectivity index is 1.05. The summed E-state index contributed by atoms with van der Waals surface area (Å²) in [6.45, 7) is 0. The summed E-state index contributed by atoms with van der Waals surface area (Å²) < 4.78 is 4.79. The summed E-state index contributed by atoms with van der Waals surface area (Å²) in [6.07, 6.45) is 6.54. The van der Waals surface area contributed by atoms with Crippen LogP contribution in [0.15, 0.2) is 164 Å². The molecule has 2 aliphatic rings. The lowest BCUT2D eigenvalue weighted by Crippen LogP contribution is -2.08. The molecule has 0 unspecified atom stereocenters. The molecule has 0 N–H and O–H groups in total. The van der Waals surface area contributed by atoms with Gasteiger partial charge >= 0.3 is 0 Å². The number of allylic oxidation sites excluding steroid dienone is 1. The molecule has 0 bridgehead atoms. The number of benzene rings is 8. The van der Waals surface area contributed by atoms with Gasteiger partial charge < -0.3 is 4.57 Å². The lowest BCUT2D eigenvalue weighted by molar-refractivity contribution is 0.852. The summed E-state index contributed by atoms with van der Waals surface area (Å²) in [5.74, 6) is 0.715. The third-order valence-electron chi connectivity index (χ3n) is 12.3. The molecule has 0 spiro atoms. The fourth-order valence-corrected chi connectivity index (χ4v) is 9.97. The highest BCUT2D eigenvalue weighted by atomic mass is 15.2. The van der Waals surface area contributed by atoms with Crippen molar-refractivity contribution in [3.05, 3.63) is 175 Å². The van der Waals surface area contributed by atoms with E-state index in [0.29, 0.717) is 5.95 Å². The van der Waals surface area contributed by atoms with Gasteiger partial charge in [-0.1, -0.05) is 133 Å². The van der Waals surface area contributed by atoms with E-state index in [1.807, 2.05) is 0 Å². The maximum atomic E-state index is 5.51. The van der Waals surface area contributed by atoms with Crippen LogP contribution in [0, 0.1) is 0 Å². The number of nitrogens with zero attached hydrogens (tertiary/aromatic N) is 4. The van der Waals surface area contributed by atoms with Gasteiger partial charge in [0.2, 0.25) is 5.95 Å². The Hall–Kier alpha value is -7.30. The van der Waals surface area contributed by atoms with Crippen LogP contribution in [0.1, 0.15) is 17.7 Å². The first kappa shape index (κ1) is 30.1. The van der Waals surface area contributed by atoms with Gasteiger partial charge in [0.25, 0.3) is 0 Å². The first-order valence-corrected chi connectivity index (χ1v) is 19.5. The zero-order valence-electron chi connectivity index (χ0n) is 30.4. The lowest BCUT2D eigenvalue weighted by Gasteiger charge is -2.15. The lowest BCUT2D eigenvalue weighted by atomic mass is 9.98. The predicted molar refractivity (Wildman–Crippen MR) is 233 cm³/mol. The van der Waals surface area contributed by atoms with Gasteiger partial charge in [-0.15, -0.1) is 0 Å². The van der Waals surface area contributed by atoms with Crippen molar-refractivity contribution in [2.45, 2.75) is 12.8 Å². The fraction of sp³-hybridized carbons (Fsp3) is 0.0385. The van der Waals surface area contributed by atoms with Crippen LogP contribution >= 0.6 is 0 Å². The molecule has 4 nitrogen and oxygen atoms in total. The van der Waals surface area contributed by atoms with Gasteiger partial charge in [-0.3, -0.25) is 4.57 Å². The summed E-state index contributed by atoms with van der Waals surface area (Å²) in [5.41, 5.74) is 15.5. The zero-order chi connectivity index (χ0) is 36.5. The number of rotatable bonds is 3. The average molecular weight is 713 g/mol. The predicted octanol–water partition coefficient (Wildman–Crippen LogP) is 13.3. The van der Waals surface area contributed by atoms with Crippen molar-refractivity contribution >= 4 is 71.2 Å². The van der Waals surface area contributed by atoms with Crippen LogP contribution in [0.5, 0.6) is 0 Å². The molecule has 2 aliphatic carbocycles. The monoisotopic (exact) mass is 712 g/mol. The highest BCUT2D eigenvalue weighted by Gasteiger charge is 2.25. The Morgan fingerprint density at radius 3 is 2.09 bits per heavy atom. The number of hydrogen-bond donors (Lipinski definition) is 0. The van der Waals surface area contributed by atoms with Gasteiger partial charge in [0.1, 0.15) is 0 Å². The molecule has 0 fully saturated rings. The van der Waals surface area contributed by atoms with Crippen molar-refractivity contribution in [1.82, 2.24) is 19.1 Å². The largest absolute Gasteiger partial charge is 0.309 e. The smallest absolute Gasteiger partial charge is 0.235 e. The Kier molecular flexibility index (Phi) is 5.97. The average Bonchev–Trinajstić information content (AvgIpc) is 3.90. The molecule has 56 heavy (non-hydrogen) atoms. The standard InChI is InChI=1S/C52H32N4/c1-2-13-33-31(12-1)24-28-48-50(33)41-18-7-10-23-45(41)56(48)52-53-43-21-8-5-17-39(43)51(54-52)32-25-27-47-42(30-32)36-16-6-9-22-44(36)55(47)46-29-26-38-35-15-4-3-14-34(35)37-19-11-20-40(46)49(37)38/h1-9,11-22,24-30H,10,23H2. The van der Waals surface area contributed by atoms with Crippen molar-refractivity contribution in [1.29, 1.82) is 0 Å². The maximum absolute atomic E-state index is 5.51. The molecule has 8 aromatic carbocycles. The van der Waals surface area contributed by atoms with E-state index in [4.69, 9.17) is 9.97 Å². The molecule has 4 heteroatoms. The van der Waals surface area contributed by atoms with Crippen molar-refractivity contribution in [3.63, 3.8) is 0 Å². The maximum Gasteiger partial charge on any atom is 0.235 e. The summed E-state index contributed by atoms with van der Waals surface area (Å²) in [7, 11) is 0. The minimum Gasteiger partial charge on any atom is -0.309 e. The van der Waals surface area contributed by atoms with E-state index in [1.54, 1.807) is 0 Å². The van der Waals surface area contributed by atoms with Crippen molar-refractivity contribution in [3.8, 4) is 45.1 Å². The second-order valence-electron chi connectivity index (χ2n) is 15.2. The van der Waals surface area contributed by atoms with E-state index in [1.165, 1.54) is 87.9 Å². The highest BCUT2D eigenvalue weighted by molar-refractivity contribution is 6.19. The summed E-state index contributed by atoms with van der Waals surface area (Å²) >= 11 is 0. The molecule has 0 radical (unpaired) electrons. The molecule has 0 saturated carbocycles. The SMILES string of the molecule is C1=Cc2c(n(-c3nc(-c4ccc5c(c4)c4ccccc4n5-c4ccc5c6c(cccc46)-c4ccccc4-5)c4ccccc4n3)c3ccc4ccccc4c23)CC1. The van der Waals surface area contributed by atoms with E-state index < -0.39 is 0 Å². The summed E-state index contributed by atoms with van der Waals surface area (Å²) in [6, 6.07) is 57.5. The Labute approximate surface area is 322 Å². The van der Waals surface area contributed by atoms with Crippen LogP contribution in [0.25, 0.3) is 116 Å². The van der Waals surface area contributed by atoms with Gasteiger partial charge in [0, 0.05) is 43.8 Å². The van der Waals surface area contributed by atoms with Crippen LogP contribution in [0.2, 0.25) is 0 Å². The molecule has 0 aliphatic heterocycles. The molecule has 13 rings (SSSR count). The van der Waals surface area contributed by atoms with E-state index in [-0.39, 0.29) is 0 Å². The van der Waals surface area contributed by atoms with Gasteiger partial charge in [0.15, 0.2) is 0 Å². The minimum absolute atomic E-state index is 0.715. The Morgan fingerprint density at radius 2 is 1.18 bits per heavy atom. The second kappa shape index (κ2) is 11.1. The van der Waals surface area contributed by atoms with Crippen molar-refractivity contribution in [2.24, 2.45) is 0 Å². The quantitative estimate of drug-likeness (QED) is 0.183. The first-order chi connectivity index (χ1) is 27.8. The third kappa shape index (κ3) is 3.97. The molecule has 0 saturated heterocycles. The number of para-hydroxylation sites is 2. The molecule has 3 aromatic heterocycles. The Morgan fingerprint density at radius 1 is 0.464 bits per heavy atom. The van der Waals surface area contributed by atoms with E-state index in [9.17, 15) is 0 Å². The zero-order valence-corrected chi connectivity index (χ0v) is 30.4. The van der Waals surface area contributed by atoms with Gasteiger partial charge in [-0.05, 0) is 87.7 Å². The minimum atomic E-state index is 0.715. The molecule has 0 atom stereocenters. The van der Waals surface area contributed by atoms with E-state index >= 15 is 0 Å². The van der Waals surface area contributed by atoms with Crippen LogP contribution in [0.4, 0.5) is 0 Å². The van der Waals surface area contributed by atoms with Gasteiger partial charge in [-0.25, -0.2) is 9.97 Å². The fourth-order valence-electron chi connectivity index (χ4n) is 9.97. The Bertz CT molecular complexity index is 3510. The number of aromatic nitrogens is 4. The van der Waals surface area contributed by atoms with Crippen molar-refractivity contribution < 1.29 is 0 Å². The topological polar surface area (TPSA) is 35.6 Å². The van der Waals surface area contributed by atoms with Crippen LogP contribution in [-0.4, -0.2) is 19.1 Å². The summed E-state index contributed by atoms with van der Waals surface area (Å²) in [5, 5.41) is 9.84. The molecular formula is C52H32N4. The molecule has 11 aromatic rings.